The topological polar surface area (TPSA) is 65.5 Å². The summed E-state index contributed by atoms with van der Waals surface area (Å²) in [7, 11) is 1.74. The fourth-order valence-electron chi connectivity index (χ4n) is 3.92. The minimum absolute atomic E-state index is 0.0420. The van der Waals surface area contributed by atoms with E-state index >= 15 is 0 Å². The van der Waals surface area contributed by atoms with Crippen molar-refractivity contribution in [3.8, 4) is 0 Å². The number of piperidine rings is 1. The summed E-state index contributed by atoms with van der Waals surface area (Å²) in [6, 6.07) is 14.2. The number of hydrazine groups is 1. The molecule has 4 rings (SSSR count). The maximum absolute atomic E-state index is 13.3. The Bertz CT molecular complexity index is 1160. The molecule has 2 amide bonds. The number of hydrogen-bond acceptors (Lipinski definition) is 5. The van der Waals surface area contributed by atoms with Crippen molar-refractivity contribution in [2.45, 2.75) is 24.9 Å². The number of nitrogens with one attached hydrogen (secondary N) is 1. The van der Waals surface area contributed by atoms with Crippen LogP contribution in [-0.2, 0) is 6.18 Å². The number of benzene rings is 2. The number of carbonyl (C=O) groups excluding carboxylic acids is 2. The Hall–Kier alpha value is -3.40. The van der Waals surface area contributed by atoms with Gasteiger partial charge >= 0.3 is 6.18 Å². The van der Waals surface area contributed by atoms with Crippen molar-refractivity contribution in [3.05, 3.63) is 81.8 Å². The van der Waals surface area contributed by atoms with Gasteiger partial charge in [0.15, 0.2) is 0 Å². The molecule has 1 N–H and O–H groups in total. The Labute approximate surface area is 199 Å². The molecule has 2 heterocycles. The van der Waals surface area contributed by atoms with Crippen molar-refractivity contribution in [2.24, 2.45) is 0 Å². The molecule has 0 spiro atoms. The van der Waals surface area contributed by atoms with Gasteiger partial charge in [-0.05, 0) is 37.1 Å². The summed E-state index contributed by atoms with van der Waals surface area (Å²) >= 11 is 1.38. The van der Waals surface area contributed by atoms with E-state index < -0.39 is 17.6 Å². The average Bonchev–Trinajstić information content (AvgIpc) is 3.34. The normalized spacial score (nSPS) is 14.6. The zero-order valence-electron chi connectivity index (χ0n) is 18.4. The number of para-hydroxylation sites is 1. The highest BCUT2D eigenvalue weighted by Crippen LogP contribution is 2.34. The van der Waals surface area contributed by atoms with Crippen LogP contribution >= 0.6 is 11.3 Å². The van der Waals surface area contributed by atoms with Gasteiger partial charge in [-0.15, -0.1) is 11.3 Å². The lowest BCUT2D eigenvalue weighted by Gasteiger charge is -2.31. The van der Waals surface area contributed by atoms with Crippen LogP contribution in [0.3, 0.4) is 0 Å². The fraction of sp³-hybridized carbons (Fsp3) is 0.292. The van der Waals surface area contributed by atoms with Crippen LogP contribution in [0.15, 0.2) is 60.0 Å². The van der Waals surface area contributed by atoms with E-state index in [1.807, 2.05) is 30.3 Å². The lowest BCUT2D eigenvalue weighted by Crippen LogP contribution is -2.39. The van der Waals surface area contributed by atoms with Crippen molar-refractivity contribution in [3.63, 3.8) is 0 Å². The maximum atomic E-state index is 13.3. The second-order valence-corrected chi connectivity index (χ2v) is 8.91. The van der Waals surface area contributed by atoms with Gasteiger partial charge in [-0.1, -0.05) is 30.3 Å². The summed E-state index contributed by atoms with van der Waals surface area (Å²) in [6.07, 6.45) is -3.45. The lowest BCUT2D eigenvalue weighted by molar-refractivity contribution is -0.138. The van der Waals surface area contributed by atoms with Crippen molar-refractivity contribution in [1.29, 1.82) is 0 Å². The van der Waals surface area contributed by atoms with Crippen LogP contribution in [0.1, 0.15) is 50.2 Å². The number of nitrogens with zero attached hydrogens (tertiary/aromatic N) is 3. The number of rotatable bonds is 5. The van der Waals surface area contributed by atoms with E-state index in [0.29, 0.717) is 31.6 Å². The number of halogens is 3. The van der Waals surface area contributed by atoms with Crippen LogP contribution in [0.2, 0.25) is 0 Å². The van der Waals surface area contributed by atoms with Crippen LogP contribution in [0.4, 0.5) is 18.9 Å². The highest BCUT2D eigenvalue weighted by atomic mass is 32.1. The Morgan fingerprint density at radius 1 is 1.06 bits per heavy atom. The van der Waals surface area contributed by atoms with Gasteiger partial charge in [-0.3, -0.25) is 20.0 Å². The third-order valence-electron chi connectivity index (χ3n) is 5.76. The molecule has 10 heteroatoms. The molecule has 0 unspecified atom stereocenters. The number of anilines is 1. The fourth-order valence-corrected chi connectivity index (χ4v) is 4.89. The van der Waals surface area contributed by atoms with Gasteiger partial charge in [0.2, 0.25) is 0 Å². The number of hydrogen-bond donors (Lipinski definition) is 1. The number of likely N-dealkylation sites (tertiary alicyclic amines) is 1. The Morgan fingerprint density at radius 3 is 2.38 bits per heavy atom. The molecular weight excluding hydrogens is 465 g/mol. The van der Waals surface area contributed by atoms with Gasteiger partial charge in [-0.2, -0.15) is 13.2 Å². The molecule has 1 aliphatic rings. The van der Waals surface area contributed by atoms with Gasteiger partial charge in [0, 0.05) is 31.4 Å². The van der Waals surface area contributed by atoms with Crippen LogP contribution in [0.25, 0.3) is 0 Å². The third kappa shape index (κ3) is 5.22. The first kappa shape index (κ1) is 23.7. The summed E-state index contributed by atoms with van der Waals surface area (Å²) in [5.74, 6) is -0.903. The van der Waals surface area contributed by atoms with Crippen molar-refractivity contribution < 1.29 is 22.8 Å². The van der Waals surface area contributed by atoms with Crippen molar-refractivity contribution >= 4 is 28.8 Å². The highest BCUT2D eigenvalue weighted by molar-refractivity contribution is 7.09. The Kier molecular flexibility index (Phi) is 6.87. The van der Waals surface area contributed by atoms with Crippen LogP contribution in [-0.4, -0.2) is 41.8 Å². The molecule has 0 bridgehead atoms. The molecule has 0 aliphatic carbocycles. The van der Waals surface area contributed by atoms with Crippen molar-refractivity contribution in [1.82, 2.24) is 15.3 Å². The van der Waals surface area contributed by atoms with E-state index in [1.165, 1.54) is 34.4 Å². The second-order valence-electron chi connectivity index (χ2n) is 8.02. The molecule has 0 atom stereocenters. The minimum atomic E-state index is -4.59. The molecule has 3 aromatic rings. The first-order valence-electron chi connectivity index (χ1n) is 10.7. The van der Waals surface area contributed by atoms with Gasteiger partial charge in [0.05, 0.1) is 21.8 Å². The number of amides is 2. The first-order valence-corrected chi connectivity index (χ1v) is 11.6. The van der Waals surface area contributed by atoms with E-state index in [2.05, 4.69) is 10.4 Å². The molecule has 1 fully saturated rings. The molecular formula is C24H23F3N4O2S. The molecule has 1 saturated heterocycles. The second kappa shape index (κ2) is 9.84. The largest absolute Gasteiger partial charge is 0.417 e. The average molecular weight is 489 g/mol. The van der Waals surface area contributed by atoms with Crippen LogP contribution < -0.4 is 10.4 Å². The molecule has 34 heavy (non-hydrogen) atoms. The predicted molar refractivity (Wildman–Crippen MR) is 124 cm³/mol. The van der Waals surface area contributed by atoms with E-state index in [0.717, 1.165) is 16.8 Å². The standard InChI is InChI=1S/C24H23F3N4O2S/c1-30(17-7-3-2-4-8-17)29-21(32)20-15-34-22(28-20)16-11-13-31(14-12-16)23(33)18-9-5-6-10-19(18)24(25,26)27/h2-10,15-16H,11-14H2,1H3,(H,29,32). The molecule has 6 nitrogen and oxygen atoms in total. The number of aromatic nitrogens is 1. The van der Waals surface area contributed by atoms with Gasteiger partial charge in [0.1, 0.15) is 5.69 Å². The van der Waals surface area contributed by atoms with Crippen LogP contribution in [0, 0.1) is 0 Å². The molecule has 1 aromatic heterocycles. The maximum Gasteiger partial charge on any atom is 0.417 e. The molecule has 2 aromatic carbocycles. The number of alkyl halides is 3. The molecule has 0 radical (unpaired) electrons. The SMILES string of the molecule is CN(NC(=O)c1csc(C2CCN(C(=O)c3ccccc3C(F)(F)F)CC2)n1)c1ccccc1. The van der Waals surface area contributed by atoms with Crippen LogP contribution in [0.5, 0.6) is 0 Å². The summed E-state index contributed by atoms with van der Waals surface area (Å²) in [5, 5.41) is 4.10. The Balaban J connectivity index is 1.36. The molecule has 178 valence electrons. The summed E-state index contributed by atoms with van der Waals surface area (Å²) < 4.78 is 39.9. The first-order chi connectivity index (χ1) is 16.2. The Morgan fingerprint density at radius 2 is 1.71 bits per heavy atom. The smallest absolute Gasteiger partial charge is 0.339 e. The molecule has 1 aliphatic heterocycles. The van der Waals surface area contributed by atoms with Gasteiger partial charge < -0.3 is 4.90 Å². The van der Waals surface area contributed by atoms with Gasteiger partial charge in [0.25, 0.3) is 11.8 Å². The summed E-state index contributed by atoms with van der Waals surface area (Å²) in [4.78, 5) is 31.3. The zero-order valence-corrected chi connectivity index (χ0v) is 19.2. The van der Waals surface area contributed by atoms with E-state index in [-0.39, 0.29) is 17.4 Å². The van der Waals surface area contributed by atoms with E-state index in [4.69, 9.17) is 0 Å². The molecule has 0 saturated carbocycles. The quantitative estimate of drug-likeness (QED) is 0.516. The zero-order chi connectivity index (χ0) is 24.3. The van der Waals surface area contributed by atoms with E-state index in [1.54, 1.807) is 17.4 Å². The predicted octanol–water partition coefficient (Wildman–Crippen LogP) is 4.96. The van der Waals surface area contributed by atoms with Gasteiger partial charge in [-0.25, -0.2) is 4.98 Å². The summed E-state index contributed by atoms with van der Waals surface area (Å²) in [5.41, 5.74) is 2.67. The van der Waals surface area contributed by atoms with Crippen molar-refractivity contribution in [2.75, 3.05) is 25.1 Å². The number of carbonyl (C=O) groups is 2. The van der Waals surface area contributed by atoms with E-state index in [9.17, 15) is 22.8 Å². The lowest BCUT2D eigenvalue weighted by atomic mass is 9.96. The monoisotopic (exact) mass is 488 g/mol. The summed E-state index contributed by atoms with van der Waals surface area (Å²) in [6.45, 7) is 0.654. The minimum Gasteiger partial charge on any atom is -0.339 e. The highest BCUT2D eigenvalue weighted by Gasteiger charge is 2.36. The number of thiazole rings is 1. The third-order valence-corrected chi connectivity index (χ3v) is 6.77.